The first-order valence-corrected chi connectivity index (χ1v) is 16.2. The Morgan fingerprint density at radius 1 is 0.977 bits per heavy atom. The van der Waals surface area contributed by atoms with Crippen LogP contribution in [0.1, 0.15) is 65.2 Å². The second-order valence-electron chi connectivity index (χ2n) is 12.8. The summed E-state index contributed by atoms with van der Waals surface area (Å²) in [5.41, 5.74) is 6.24. The molecular weight excluding hydrogens is 574 g/mol. The van der Waals surface area contributed by atoms with Crippen molar-refractivity contribution in [2.75, 3.05) is 53.9 Å². The largest absolute Gasteiger partial charge is 0.396 e. The fraction of sp³-hybridized carbons (Fsp3) is 0.441. The molecule has 1 saturated heterocycles. The zero-order valence-corrected chi connectivity index (χ0v) is 27.4. The van der Waals surface area contributed by atoms with Gasteiger partial charge >= 0.3 is 0 Å². The van der Waals surface area contributed by atoms with Gasteiger partial charge in [-0.25, -0.2) is 13.5 Å². The third-order valence-corrected chi connectivity index (χ3v) is 10.2. The lowest BCUT2D eigenvalue weighted by Gasteiger charge is -2.32. The molecule has 10 heteroatoms. The maximum Gasteiger partial charge on any atom is 0.272 e. The number of aliphatic hydroxyl groups is 1. The molecule has 234 valence electrons. The zero-order valence-electron chi connectivity index (χ0n) is 26.5. The van der Waals surface area contributed by atoms with Crippen LogP contribution in [0.2, 0.25) is 0 Å². The molecule has 0 aliphatic carbocycles. The lowest BCUT2D eigenvalue weighted by Crippen LogP contribution is -2.47. The summed E-state index contributed by atoms with van der Waals surface area (Å²) in [5.74, 6) is -0.160. The number of hydrogen-bond acceptors (Lipinski definition) is 6. The molecule has 0 bridgehead atoms. The highest BCUT2D eigenvalue weighted by atomic mass is 32.2. The van der Waals surface area contributed by atoms with Crippen LogP contribution in [0.3, 0.4) is 0 Å². The number of aliphatic hydroxyl groups excluding tert-OH is 1. The topological polar surface area (TPSA) is 97.3 Å². The average molecular weight is 618 g/mol. The predicted molar refractivity (Wildman–Crippen MR) is 174 cm³/mol. The number of hydrogen-bond donors (Lipinski definition) is 1. The van der Waals surface area contributed by atoms with Gasteiger partial charge in [0.2, 0.25) is 0 Å². The van der Waals surface area contributed by atoms with Gasteiger partial charge in [0.05, 0.1) is 16.5 Å². The van der Waals surface area contributed by atoms with Crippen molar-refractivity contribution < 1.29 is 18.9 Å². The Morgan fingerprint density at radius 3 is 2.25 bits per heavy atom. The zero-order chi connectivity index (χ0) is 31.8. The van der Waals surface area contributed by atoms with E-state index in [1.807, 2.05) is 78.5 Å². The number of rotatable bonds is 7. The Morgan fingerprint density at radius 2 is 1.64 bits per heavy atom. The van der Waals surface area contributed by atoms with Gasteiger partial charge in [-0.2, -0.15) is 0 Å². The number of amides is 2. The lowest BCUT2D eigenvalue weighted by molar-refractivity contribution is 0.0658. The van der Waals surface area contributed by atoms with Crippen molar-refractivity contribution in [2.45, 2.75) is 44.5 Å². The summed E-state index contributed by atoms with van der Waals surface area (Å²) < 4.78 is 15.2. The monoisotopic (exact) mass is 617 g/mol. The molecule has 2 aromatic carbocycles. The van der Waals surface area contributed by atoms with E-state index in [9.17, 15) is 18.9 Å². The molecule has 9 nitrogen and oxygen atoms in total. The quantitative estimate of drug-likeness (QED) is 0.427. The first kappa shape index (κ1) is 32.0. The third kappa shape index (κ3) is 6.49. The van der Waals surface area contributed by atoms with Crippen LogP contribution in [0.15, 0.2) is 54.6 Å². The minimum Gasteiger partial charge on any atom is -0.396 e. The van der Waals surface area contributed by atoms with Crippen LogP contribution >= 0.6 is 0 Å². The minimum atomic E-state index is -1.34. The van der Waals surface area contributed by atoms with Crippen molar-refractivity contribution in [2.24, 2.45) is 0 Å². The molecule has 2 aliphatic rings. The Kier molecular flexibility index (Phi) is 9.36. The summed E-state index contributed by atoms with van der Waals surface area (Å²) >= 11 is 0. The Labute approximate surface area is 263 Å². The highest BCUT2D eigenvalue weighted by Gasteiger charge is 2.40. The molecule has 1 fully saturated rings. The van der Waals surface area contributed by atoms with Crippen molar-refractivity contribution >= 4 is 22.8 Å². The molecule has 44 heavy (non-hydrogen) atoms. The molecular formula is C34H43N5O4S. The van der Waals surface area contributed by atoms with Crippen LogP contribution in [0.5, 0.6) is 0 Å². The third-order valence-electron chi connectivity index (χ3n) is 8.31. The molecule has 0 unspecified atom stereocenters. The summed E-state index contributed by atoms with van der Waals surface area (Å²) in [7, 11) is 4.18. The van der Waals surface area contributed by atoms with Crippen LogP contribution in [-0.4, -0.2) is 104 Å². The van der Waals surface area contributed by atoms with Crippen LogP contribution in [0.4, 0.5) is 0 Å². The predicted octanol–water partition coefficient (Wildman–Crippen LogP) is 4.21. The van der Waals surface area contributed by atoms with Gasteiger partial charge in [0.1, 0.15) is 16.7 Å². The average Bonchev–Trinajstić information content (AvgIpc) is 3.37. The van der Waals surface area contributed by atoms with Gasteiger partial charge in [0, 0.05) is 70.1 Å². The number of piperazine rings is 1. The van der Waals surface area contributed by atoms with Gasteiger partial charge in [0.25, 0.3) is 11.8 Å². The van der Waals surface area contributed by atoms with E-state index in [0.29, 0.717) is 43.0 Å². The molecule has 0 spiro atoms. The standard InChI is InChI=1S/C34H43N5O4S/c1-34(2,3)44(43)39-22-27-21-28(33(42)38-17-15-37(6)16-18-38)35-31(30(27)29(39)14-19-40)26-9-7-8-25(20-26)23-10-12-24(13-11-23)32(41)36(4)5/h7-13,20-21,29,40H,14-19,22H2,1-6H3/t29-,44-/m1/s1. The van der Waals surface area contributed by atoms with Crippen molar-refractivity contribution in [3.05, 3.63) is 77.0 Å². The number of fused-ring (bicyclic) bond motifs is 1. The fourth-order valence-electron chi connectivity index (χ4n) is 5.88. The number of aromatic nitrogens is 1. The van der Waals surface area contributed by atoms with E-state index in [4.69, 9.17) is 4.98 Å². The van der Waals surface area contributed by atoms with Crippen molar-refractivity contribution in [1.29, 1.82) is 0 Å². The summed E-state index contributed by atoms with van der Waals surface area (Å²) in [6, 6.07) is 17.1. The molecule has 1 aromatic heterocycles. The molecule has 2 aliphatic heterocycles. The highest BCUT2D eigenvalue weighted by molar-refractivity contribution is 7.84. The molecule has 3 heterocycles. The van der Waals surface area contributed by atoms with E-state index in [0.717, 1.165) is 40.9 Å². The van der Waals surface area contributed by atoms with Crippen LogP contribution in [0.25, 0.3) is 22.4 Å². The van der Waals surface area contributed by atoms with Gasteiger partial charge in [0.15, 0.2) is 0 Å². The van der Waals surface area contributed by atoms with Gasteiger partial charge in [-0.05, 0) is 75.2 Å². The lowest BCUT2D eigenvalue weighted by atomic mass is 9.93. The van der Waals surface area contributed by atoms with Gasteiger partial charge < -0.3 is 19.8 Å². The van der Waals surface area contributed by atoms with Crippen molar-refractivity contribution in [1.82, 2.24) is 24.0 Å². The van der Waals surface area contributed by atoms with Crippen LogP contribution in [0, 0.1) is 0 Å². The highest BCUT2D eigenvalue weighted by Crippen LogP contribution is 2.44. The van der Waals surface area contributed by atoms with Crippen molar-refractivity contribution in [3.63, 3.8) is 0 Å². The maximum absolute atomic E-state index is 13.8. The fourth-order valence-corrected chi connectivity index (χ4v) is 7.28. The van der Waals surface area contributed by atoms with Crippen molar-refractivity contribution in [3.8, 4) is 22.4 Å². The Balaban J connectivity index is 1.61. The second kappa shape index (κ2) is 12.9. The number of carbonyl (C=O) groups excluding carboxylic acids is 2. The summed E-state index contributed by atoms with van der Waals surface area (Å²) in [5, 5.41) is 10.1. The van der Waals surface area contributed by atoms with E-state index >= 15 is 0 Å². The summed E-state index contributed by atoms with van der Waals surface area (Å²) in [6.45, 7) is 9.07. The first-order valence-electron chi connectivity index (χ1n) is 15.1. The SMILES string of the molecule is CN1CCN(C(=O)c2cc3c(c(-c4cccc(-c5ccc(C(=O)N(C)C)cc5)c4)n2)[C@@H](CCO)N([S@](=O)C(C)(C)C)C3)CC1. The molecule has 3 aromatic rings. The first-order chi connectivity index (χ1) is 20.9. The van der Waals surface area contributed by atoms with Gasteiger partial charge in [-0.3, -0.25) is 9.59 Å². The minimum absolute atomic E-state index is 0.0565. The van der Waals surface area contributed by atoms with Crippen LogP contribution in [-0.2, 0) is 17.5 Å². The van der Waals surface area contributed by atoms with E-state index in [2.05, 4.69) is 18.0 Å². The number of pyridine rings is 1. The number of benzene rings is 2. The summed E-state index contributed by atoms with van der Waals surface area (Å²) in [4.78, 5) is 36.9. The molecule has 2 amide bonds. The molecule has 0 saturated carbocycles. The molecule has 1 N–H and O–H groups in total. The molecule has 5 rings (SSSR count). The van der Waals surface area contributed by atoms with Gasteiger partial charge in [-0.15, -0.1) is 0 Å². The van der Waals surface area contributed by atoms with Gasteiger partial charge in [-0.1, -0.05) is 30.3 Å². The number of likely N-dealkylation sites (N-methyl/N-ethyl adjacent to an activating group) is 1. The van der Waals surface area contributed by atoms with E-state index < -0.39 is 15.7 Å². The number of carbonyl (C=O) groups is 2. The smallest absolute Gasteiger partial charge is 0.272 e. The van der Waals surface area contributed by atoms with E-state index in [-0.39, 0.29) is 24.5 Å². The molecule has 2 atom stereocenters. The maximum atomic E-state index is 13.8. The van der Waals surface area contributed by atoms with E-state index in [1.54, 1.807) is 19.0 Å². The second-order valence-corrected chi connectivity index (χ2v) is 15.0. The normalized spacial score (nSPS) is 18.2. The van der Waals surface area contributed by atoms with E-state index in [1.165, 1.54) is 0 Å². The van der Waals surface area contributed by atoms with Crippen LogP contribution < -0.4 is 0 Å². The Hall–Kier alpha value is -3.44. The number of nitrogens with zero attached hydrogens (tertiary/aromatic N) is 5. The molecule has 0 radical (unpaired) electrons. The summed E-state index contributed by atoms with van der Waals surface area (Å²) in [6.07, 6.45) is 0.399. The Bertz CT molecular complexity index is 1560.